The number of rotatable bonds is 17. The number of aldehydes is 1. The van der Waals surface area contributed by atoms with Crippen molar-refractivity contribution in [1.29, 1.82) is 0 Å². The van der Waals surface area contributed by atoms with Crippen molar-refractivity contribution in [3.63, 3.8) is 0 Å². The molecular formula is C24H43NO2. The lowest BCUT2D eigenvalue weighted by atomic mass is 10.00. The second kappa shape index (κ2) is 17.0. The molecule has 1 atom stereocenters. The second-order valence-corrected chi connectivity index (χ2v) is 8.20. The first-order chi connectivity index (χ1) is 13.3. The van der Waals surface area contributed by atoms with Crippen molar-refractivity contribution in [3.8, 4) is 0 Å². The summed E-state index contributed by atoms with van der Waals surface area (Å²) in [5, 5.41) is 0. The molecule has 1 amide bonds. The molecule has 1 heterocycles. The molecule has 3 heteroatoms. The molecule has 0 aliphatic carbocycles. The van der Waals surface area contributed by atoms with Gasteiger partial charge >= 0.3 is 0 Å². The molecule has 0 aromatic heterocycles. The highest BCUT2D eigenvalue weighted by Gasteiger charge is 2.24. The van der Waals surface area contributed by atoms with Gasteiger partial charge in [-0.05, 0) is 38.5 Å². The number of amides is 1. The van der Waals surface area contributed by atoms with Gasteiger partial charge < -0.3 is 9.69 Å². The number of likely N-dealkylation sites (tertiary alicyclic amines) is 1. The Hall–Kier alpha value is -1.12. The second-order valence-electron chi connectivity index (χ2n) is 8.20. The van der Waals surface area contributed by atoms with Crippen LogP contribution in [0.3, 0.4) is 0 Å². The lowest BCUT2D eigenvalue weighted by Crippen LogP contribution is -2.40. The van der Waals surface area contributed by atoms with E-state index in [1.54, 1.807) is 0 Å². The van der Waals surface area contributed by atoms with E-state index in [0.717, 1.165) is 51.4 Å². The molecule has 1 saturated heterocycles. The van der Waals surface area contributed by atoms with Crippen LogP contribution in [0.2, 0.25) is 0 Å². The van der Waals surface area contributed by atoms with E-state index in [1.807, 2.05) is 6.08 Å². The first-order valence-electron chi connectivity index (χ1n) is 11.6. The van der Waals surface area contributed by atoms with E-state index in [4.69, 9.17) is 0 Å². The fraction of sp³-hybridized carbons (Fsp3) is 0.833. The summed E-state index contributed by atoms with van der Waals surface area (Å²) < 4.78 is 0. The van der Waals surface area contributed by atoms with Crippen LogP contribution in [0, 0.1) is 0 Å². The molecule has 1 rings (SSSR count). The molecule has 156 valence electrons. The Morgan fingerprint density at radius 1 is 0.815 bits per heavy atom. The van der Waals surface area contributed by atoms with Gasteiger partial charge in [-0.2, -0.15) is 0 Å². The third-order valence-electron chi connectivity index (χ3n) is 5.86. The van der Waals surface area contributed by atoms with Gasteiger partial charge in [-0.3, -0.25) is 4.79 Å². The fourth-order valence-electron chi connectivity index (χ4n) is 4.19. The normalized spacial score (nSPS) is 16.1. The zero-order valence-corrected chi connectivity index (χ0v) is 17.6. The summed E-state index contributed by atoms with van der Waals surface area (Å²) in [6, 6.07) is 0.288. The molecule has 1 unspecified atom stereocenters. The van der Waals surface area contributed by atoms with Crippen LogP contribution < -0.4 is 0 Å². The van der Waals surface area contributed by atoms with E-state index in [2.05, 4.69) is 11.5 Å². The Bertz CT molecular complexity index is 394. The third kappa shape index (κ3) is 12.0. The standard InChI is InChI=1S/C24H43NO2/c1-2-3-4-5-6-7-8-9-10-11-12-14-18-23(19-17-22-26)25-21-16-13-15-20-24(25)27/h2,22-23H,1,3-21H2. The van der Waals surface area contributed by atoms with Crippen molar-refractivity contribution < 1.29 is 9.59 Å². The van der Waals surface area contributed by atoms with E-state index in [-0.39, 0.29) is 6.04 Å². The maximum Gasteiger partial charge on any atom is 0.222 e. The van der Waals surface area contributed by atoms with E-state index in [9.17, 15) is 9.59 Å². The van der Waals surface area contributed by atoms with E-state index in [1.165, 1.54) is 64.2 Å². The van der Waals surface area contributed by atoms with E-state index >= 15 is 0 Å². The Labute approximate surface area is 168 Å². The number of allylic oxidation sites excluding steroid dienone is 1. The Balaban J connectivity index is 2.10. The number of carbonyl (C=O) groups is 2. The van der Waals surface area contributed by atoms with Crippen molar-refractivity contribution in [2.75, 3.05) is 6.54 Å². The van der Waals surface area contributed by atoms with Crippen LogP contribution in [0.25, 0.3) is 0 Å². The Morgan fingerprint density at radius 2 is 1.44 bits per heavy atom. The smallest absolute Gasteiger partial charge is 0.222 e. The maximum atomic E-state index is 12.4. The van der Waals surface area contributed by atoms with E-state index < -0.39 is 0 Å². The molecule has 0 aromatic rings. The summed E-state index contributed by atoms with van der Waals surface area (Å²) >= 11 is 0. The summed E-state index contributed by atoms with van der Waals surface area (Å²) in [6.45, 7) is 4.67. The third-order valence-corrected chi connectivity index (χ3v) is 5.86. The minimum absolute atomic E-state index is 0.288. The lowest BCUT2D eigenvalue weighted by molar-refractivity contribution is -0.133. The number of hydrogen-bond donors (Lipinski definition) is 0. The van der Waals surface area contributed by atoms with Crippen molar-refractivity contribution >= 4 is 12.2 Å². The highest BCUT2D eigenvalue weighted by atomic mass is 16.2. The van der Waals surface area contributed by atoms with Gasteiger partial charge in [0.1, 0.15) is 6.29 Å². The molecule has 0 radical (unpaired) electrons. The minimum atomic E-state index is 0.288. The minimum Gasteiger partial charge on any atom is -0.340 e. The van der Waals surface area contributed by atoms with Crippen LogP contribution in [0.4, 0.5) is 0 Å². The number of carbonyl (C=O) groups excluding carboxylic acids is 2. The van der Waals surface area contributed by atoms with Crippen LogP contribution in [0.1, 0.15) is 116 Å². The largest absolute Gasteiger partial charge is 0.340 e. The van der Waals surface area contributed by atoms with Crippen molar-refractivity contribution in [2.45, 2.75) is 122 Å². The van der Waals surface area contributed by atoms with Gasteiger partial charge in [0, 0.05) is 25.4 Å². The summed E-state index contributed by atoms with van der Waals surface area (Å²) in [4.78, 5) is 25.3. The Morgan fingerprint density at radius 3 is 2.07 bits per heavy atom. The topological polar surface area (TPSA) is 37.4 Å². The highest BCUT2D eigenvalue weighted by molar-refractivity contribution is 5.76. The average Bonchev–Trinajstić information content (AvgIpc) is 2.89. The van der Waals surface area contributed by atoms with E-state index in [0.29, 0.717) is 18.7 Å². The van der Waals surface area contributed by atoms with Crippen molar-refractivity contribution in [3.05, 3.63) is 12.7 Å². The summed E-state index contributed by atoms with van der Waals surface area (Å²) in [6.07, 6.45) is 24.0. The zero-order chi connectivity index (χ0) is 19.6. The lowest BCUT2D eigenvalue weighted by Gasteiger charge is -2.31. The Kier molecular flexibility index (Phi) is 15.1. The molecule has 0 aromatic carbocycles. The maximum absolute atomic E-state index is 12.4. The highest BCUT2D eigenvalue weighted by Crippen LogP contribution is 2.21. The predicted molar refractivity (Wildman–Crippen MR) is 115 cm³/mol. The predicted octanol–water partition coefficient (Wildman–Crippen LogP) is 6.60. The number of unbranched alkanes of at least 4 members (excludes halogenated alkanes) is 10. The summed E-state index contributed by atoms with van der Waals surface area (Å²) in [5.41, 5.74) is 0. The molecule has 3 nitrogen and oxygen atoms in total. The van der Waals surface area contributed by atoms with Crippen LogP contribution >= 0.6 is 0 Å². The molecule has 0 spiro atoms. The van der Waals surface area contributed by atoms with Gasteiger partial charge in [-0.1, -0.05) is 70.3 Å². The van der Waals surface area contributed by atoms with Crippen LogP contribution in [-0.4, -0.2) is 29.7 Å². The van der Waals surface area contributed by atoms with Crippen LogP contribution in [0.5, 0.6) is 0 Å². The SMILES string of the molecule is C=CCCCCCCCCCCCCC(CCC=O)N1CCCCCC1=O. The summed E-state index contributed by atoms with van der Waals surface area (Å²) in [7, 11) is 0. The van der Waals surface area contributed by atoms with Gasteiger partial charge in [0.15, 0.2) is 0 Å². The number of hydrogen-bond acceptors (Lipinski definition) is 2. The van der Waals surface area contributed by atoms with Gasteiger partial charge in [-0.25, -0.2) is 0 Å². The summed E-state index contributed by atoms with van der Waals surface area (Å²) in [5.74, 6) is 0.316. The molecule has 0 N–H and O–H groups in total. The first-order valence-corrected chi connectivity index (χ1v) is 11.6. The monoisotopic (exact) mass is 377 g/mol. The van der Waals surface area contributed by atoms with Crippen LogP contribution in [-0.2, 0) is 9.59 Å². The quantitative estimate of drug-likeness (QED) is 0.163. The molecule has 1 aliphatic rings. The van der Waals surface area contributed by atoms with Gasteiger partial charge in [0.2, 0.25) is 5.91 Å². The average molecular weight is 378 g/mol. The zero-order valence-electron chi connectivity index (χ0n) is 17.6. The van der Waals surface area contributed by atoms with Gasteiger partial charge in [-0.15, -0.1) is 6.58 Å². The van der Waals surface area contributed by atoms with Crippen LogP contribution in [0.15, 0.2) is 12.7 Å². The van der Waals surface area contributed by atoms with Crippen molar-refractivity contribution in [1.82, 2.24) is 4.90 Å². The first kappa shape index (κ1) is 23.9. The molecule has 27 heavy (non-hydrogen) atoms. The molecule has 0 bridgehead atoms. The molecular weight excluding hydrogens is 334 g/mol. The molecule has 1 aliphatic heterocycles. The van der Waals surface area contributed by atoms with Crippen molar-refractivity contribution in [2.24, 2.45) is 0 Å². The fourth-order valence-corrected chi connectivity index (χ4v) is 4.19. The van der Waals surface area contributed by atoms with Gasteiger partial charge in [0.05, 0.1) is 0 Å². The molecule has 1 fully saturated rings. The number of nitrogens with zero attached hydrogens (tertiary/aromatic N) is 1. The van der Waals surface area contributed by atoms with Gasteiger partial charge in [0.25, 0.3) is 0 Å². The molecule has 0 saturated carbocycles.